The molecule has 4 fully saturated rings. The molecule has 16 rings (SSSR count). The number of hydrogen-bond donors (Lipinski definition) is 0. The lowest BCUT2D eigenvalue weighted by Gasteiger charge is -2.54. The van der Waals surface area contributed by atoms with Crippen LogP contribution in [0.2, 0.25) is 0 Å². The molecule has 348 valence electrons. The van der Waals surface area contributed by atoms with Crippen molar-refractivity contribution in [3.8, 4) is 61.3 Å². The van der Waals surface area contributed by atoms with Gasteiger partial charge >= 0.3 is 0 Å². The fraction of sp³-hybridized carbons (Fsp3) is 0.155. The second kappa shape index (κ2) is 15.6. The molecule has 5 aliphatic carbocycles. The van der Waals surface area contributed by atoms with Crippen molar-refractivity contribution in [3.63, 3.8) is 0 Å². The molecule has 0 amide bonds. The molecule has 4 saturated carbocycles. The highest BCUT2D eigenvalue weighted by atomic mass is 15.1. The summed E-state index contributed by atoms with van der Waals surface area (Å²) < 4.78 is 2.40. The monoisotopic (exact) mass is 934 g/mol. The molecular formula is C71H54N2. The average molecular weight is 935 g/mol. The summed E-state index contributed by atoms with van der Waals surface area (Å²) in [6.07, 6.45) is 7.33. The van der Waals surface area contributed by atoms with Crippen LogP contribution < -0.4 is 4.90 Å². The lowest BCUT2D eigenvalue weighted by molar-refractivity contribution is -0.0193. The fourth-order valence-electron chi connectivity index (χ4n) is 16.1. The summed E-state index contributed by atoms with van der Waals surface area (Å²) >= 11 is 0. The van der Waals surface area contributed by atoms with E-state index in [1.165, 1.54) is 110 Å². The van der Waals surface area contributed by atoms with Crippen molar-refractivity contribution in [2.45, 2.75) is 37.5 Å². The van der Waals surface area contributed by atoms with Crippen molar-refractivity contribution in [1.82, 2.24) is 4.57 Å². The summed E-state index contributed by atoms with van der Waals surface area (Å²) in [5, 5.41) is 2.45. The van der Waals surface area contributed by atoms with Gasteiger partial charge in [-0.3, -0.25) is 0 Å². The van der Waals surface area contributed by atoms with Gasteiger partial charge in [-0.15, -0.1) is 0 Å². The van der Waals surface area contributed by atoms with Crippen LogP contribution in [0.1, 0.15) is 43.2 Å². The van der Waals surface area contributed by atoms with Crippen molar-refractivity contribution in [3.05, 3.63) is 254 Å². The molecular weight excluding hydrogens is 881 g/mol. The van der Waals surface area contributed by atoms with Gasteiger partial charge in [0, 0.05) is 33.2 Å². The minimum Gasteiger partial charge on any atom is -0.310 e. The summed E-state index contributed by atoms with van der Waals surface area (Å²) in [6.45, 7) is 0. The number of anilines is 3. The zero-order chi connectivity index (χ0) is 47.8. The van der Waals surface area contributed by atoms with Crippen LogP contribution in [-0.4, -0.2) is 4.57 Å². The highest BCUT2D eigenvalue weighted by molar-refractivity contribution is 6.16. The second-order valence-electron chi connectivity index (χ2n) is 22.2. The normalized spacial score (nSPS) is 22.6. The van der Waals surface area contributed by atoms with Crippen molar-refractivity contribution >= 4 is 38.9 Å². The molecule has 2 spiro atoms. The number of rotatable bonds is 8. The molecule has 0 radical (unpaired) electrons. The molecule has 6 unspecified atom stereocenters. The van der Waals surface area contributed by atoms with Crippen LogP contribution in [0.3, 0.4) is 0 Å². The van der Waals surface area contributed by atoms with Gasteiger partial charge in [-0.2, -0.15) is 0 Å². The molecule has 1 aromatic heterocycles. The number of aromatic nitrogens is 1. The van der Waals surface area contributed by atoms with Crippen LogP contribution >= 0.6 is 0 Å². The molecule has 2 nitrogen and oxygen atoms in total. The predicted molar refractivity (Wildman–Crippen MR) is 303 cm³/mol. The van der Waals surface area contributed by atoms with Gasteiger partial charge in [0.15, 0.2) is 0 Å². The SMILES string of the molecule is c1ccc(-c2ccc(N(c3ccc(-c4cccc(-c5cccc(-c6ccc7c(c6)-c6ccccc6C76C7CC8CC9CC6C9(C8)C7)c5)c4)cc3)c3cccc4c3c3ccccc3n4-c3ccccc3)cc2)cc1. The van der Waals surface area contributed by atoms with Gasteiger partial charge in [-0.05, 0) is 201 Å². The Bertz CT molecular complexity index is 3980. The molecule has 1 heterocycles. The third-order valence-electron chi connectivity index (χ3n) is 18.9. The summed E-state index contributed by atoms with van der Waals surface area (Å²) in [6, 6.07) is 90.7. The first-order valence-electron chi connectivity index (χ1n) is 26.7. The van der Waals surface area contributed by atoms with Crippen LogP contribution in [0, 0.1) is 29.1 Å². The summed E-state index contributed by atoms with van der Waals surface area (Å²) in [5.41, 5.74) is 23.8. The first-order valence-corrected chi connectivity index (χ1v) is 26.7. The second-order valence-corrected chi connectivity index (χ2v) is 22.2. The Kier molecular flexibility index (Phi) is 8.88. The highest BCUT2D eigenvalue weighted by Gasteiger charge is 2.76. The maximum absolute atomic E-state index is 2.57. The molecule has 3 bridgehead atoms. The molecule has 73 heavy (non-hydrogen) atoms. The quantitative estimate of drug-likeness (QED) is 0.147. The lowest BCUT2D eigenvalue weighted by Crippen LogP contribution is -2.50. The molecule has 5 aliphatic rings. The van der Waals surface area contributed by atoms with E-state index in [0.717, 1.165) is 46.4 Å². The molecule has 6 atom stereocenters. The Balaban J connectivity index is 0.754. The van der Waals surface area contributed by atoms with Gasteiger partial charge in [0.2, 0.25) is 0 Å². The maximum Gasteiger partial charge on any atom is 0.0562 e. The average Bonchev–Trinajstić information content (AvgIpc) is 4.25. The third-order valence-corrected chi connectivity index (χ3v) is 18.9. The summed E-state index contributed by atoms with van der Waals surface area (Å²) in [5.74, 6) is 3.54. The number of benzene rings is 10. The number of fused-ring (bicyclic) bond motifs is 12. The first-order chi connectivity index (χ1) is 36.1. The van der Waals surface area contributed by atoms with Crippen LogP contribution in [0.15, 0.2) is 243 Å². The van der Waals surface area contributed by atoms with E-state index in [2.05, 4.69) is 252 Å². The Hall–Kier alpha value is -8.20. The van der Waals surface area contributed by atoms with Crippen molar-refractivity contribution in [1.29, 1.82) is 0 Å². The molecule has 0 N–H and O–H groups in total. The topological polar surface area (TPSA) is 8.17 Å². The van der Waals surface area contributed by atoms with Crippen molar-refractivity contribution in [2.24, 2.45) is 29.1 Å². The molecule has 11 aromatic rings. The summed E-state index contributed by atoms with van der Waals surface area (Å²) in [4.78, 5) is 2.44. The van der Waals surface area contributed by atoms with E-state index in [1.807, 2.05) is 0 Å². The van der Waals surface area contributed by atoms with Crippen LogP contribution in [0.25, 0.3) is 83.1 Å². The lowest BCUT2D eigenvalue weighted by atomic mass is 9.49. The smallest absolute Gasteiger partial charge is 0.0562 e. The third kappa shape index (κ3) is 5.92. The van der Waals surface area contributed by atoms with Crippen molar-refractivity contribution in [2.75, 3.05) is 4.90 Å². The zero-order valence-corrected chi connectivity index (χ0v) is 40.8. The standard InChI is InChI=1S/C71H54N2/c1-3-14-47(15-4-1)48-28-33-58(34-29-48)72(66-26-13-27-67-69(66)61-23-8-10-25-65(61)73(67)57-20-5-2-6-21-57)59-35-30-49(31-36-59)50-16-11-17-51(40-50)52-18-12-19-53(41-52)54-32-37-64-62(42-54)60-22-7-9-24-63(60)71(64)56-39-46-38-55-43-68(71)70(55,44-46)45-56/h1-37,40-42,46,55-56,68H,38-39,43-45H2. The van der Waals surface area contributed by atoms with E-state index in [0.29, 0.717) is 5.41 Å². The van der Waals surface area contributed by atoms with Crippen molar-refractivity contribution < 1.29 is 0 Å². The van der Waals surface area contributed by atoms with E-state index in [1.54, 1.807) is 11.1 Å². The van der Waals surface area contributed by atoms with Gasteiger partial charge in [-0.1, -0.05) is 170 Å². The minimum absolute atomic E-state index is 0.210. The van der Waals surface area contributed by atoms with E-state index >= 15 is 0 Å². The van der Waals surface area contributed by atoms with E-state index in [9.17, 15) is 0 Å². The number of hydrogen-bond acceptors (Lipinski definition) is 1. The maximum atomic E-state index is 2.57. The largest absolute Gasteiger partial charge is 0.310 e. The van der Waals surface area contributed by atoms with E-state index < -0.39 is 0 Å². The Labute approximate surface area is 427 Å². The van der Waals surface area contributed by atoms with Gasteiger partial charge in [0.1, 0.15) is 0 Å². The zero-order valence-electron chi connectivity index (χ0n) is 40.8. The Morgan fingerprint density at radius 3 is 1.66 bits per heavy atom. The first kappa shape index (κ1) is 41.4. The number of nitrogens with zero attached hydrogens (tertiary/aromatic N) is 2. The van der Waals surface area contributed by atoms with Gasteiger partial charge in [0.05, 0.1) is 16.7 Å². The van der Waals surface area contributed by atoms with Crippen LogP contribution in [0.5, 0.6) is 0 Å². The molecule has 0 saturated heterocycles. The summed E-state index contributed by atoms with van der Waals surface area (Å²) in [7, 11) is 0. The van der Waals surface area contributed by atoms with E-state index in [-0.39, 0.29) is 5.41 Å². The fourth-order valence-corrected chi connectivity index (χ4v) is 16.1. The van der Waals surface area contributed by atoms with Crippen LogP contribution in [0.4, 0.5) is 17.1 Å². The minimum atomic E-state index is 0.210. The molecule has 2 heteroatoms. The van der Waals surface area contributed by atoms with Crippen LogP contribution in [-0.2, 0) is 5.41 Å². The van der Waals surface area contributed by atoms with Gasteiger partial charge in [-0.25, -0.2) is 0 Å². The number of para-hydroxylation sites is 2. The molecule has 0 aliphatic heterocycles. The predicted octanol–water partition coefficient (Wildman–Crippen LogP) is 18.6. The van der Waals surface area contributed by atoms with E-state index in [4.69, 9.17) is 0 Å². The van der Waals surface area contributed by atoms with Gasteiger partial charge < -0.3 is 9.47 Å². The Morgan fingerprint density at radius 1 is 0.384 bits per heavy atom. The molecule has 10 aromatic carbocycles. The highest BCUT2D eigenvalue weighted by Crippen LogP contribution is 2.83. The van der Waals surface area contributed by atoms with Gasteiger partial charge in [0.25, 0.3) is 0 Å². The Morgan fingerprint density at radius 2 is 0.918 bits per heavy atom.